The highest BCUT2D eigenvalue weighted by molar-refractivity contribution is 6.44. The summed E-state index contributed by atoms with van der Waals surface area (Å²) in [6.45, 7) is 0. The number of nitrogens with two attached hydrogens (primary N) is 1. The summed E-state index contributed by atoms with van der Waals surface area (Å²) in [6.07, 6.45) is 0. The van der Waals surface area contributed by atoms with Gasteiger partial charge in [0.15, 0.2) is 11.6 Å². The molecule has 0 fully saturated rings. The Kier molecular flexibility index (Phi) is 2.62. The Morgan fingerprint density at radius 3 is 1.86 bits per heavy atom. The van der Waals surface area contributed by atoms with E-state index in [1.807, 2.05) is 12.1 Å². The molecule has 0 saturated heterocycles. The Morgan fingerprint density at radius 2 is 1.23 bits per heavy atom. The molecule has 4 rings (SSSR count). The predicted octanol–water partition coefficient (Wildman–Crippen LogP) is 3.85. The molecule has 1 aliphatic carbocycles. The summed E-state index contributed by atoms with van der Waals surface area (Å²) in [6, 6.07) is 14.0. The molecule has 0 saturated carbocycles. The van der Waals surface area contributed by atoms with Crippen molar-refractivity contribution in [1.29, 1.82) is 0 Å². The number of ketones is 2. The maximum atomic E-state index is 12.8. The summed E-state index contributed by atoms with van der Waals surface area (Å²) < 4.78 is 0. The van der Waals surface area contributed by atoms with Gasteiger partial charge < -0.3 is 5.73 Å². The van der Waals surface area contributed by atoms with E-state index in [4.69, 9.17) is 17.3 Å². The van der Waals surface area contributed by atoms with E-state index in [1.165, 1.54) is 0 Å². The quantitative estimate of drug-likeness (QED) is 0.502. The second-order valence-corrected chi connectivity index (χ2v) is 5.61. The number of nitrogen functional groups attached to an aromatic ring is 1. The number of carbonyl (C=O) groups is 2. The van der Waals surface area contributed by atoms with E-state index < -0.39 is 0 Å². The molecule has 106 valence electrons. The SMILES string of the molecule is Nc1c2c(c(Cl)c3ccccc13)C(=O)c1ccccc1C2=O. The van der Waals surface area contributed by atoms with Crippen LogP contribution < -0.4 is 5.73 Å². The van der Waals surface area contributed by atoms with Gasteiger partial charge in [-0.3, -0.25) is 9.59 Å². The molecule has 0 radical (unpaired) electrons. The molecule has 3 aromatic carbocycles. The monoisotopic (exact) mass is 307 g/mol. The maximum absolute atomic E-state index is 12.8. The van der Waals surface area contributed by atoms with Gasteiger partial charge in [-0.2, -0.15) is 0 Å². The average molecular weight is 308 g/mol. The van der Waals surface area contributed by atoms with E-state index in [9.17, 15) is 9.59 Å². The van der Waals surface area contributed by atoms with Crippen molar-refractivity contribution >= 4 is 39.6 Å². The lowest BCUT2D eigenvalue weighted by Gasteiger charge is -2.21. The van der Waals surface area contributed by atoms with Crippen molar-refractivity contribution in [3.05, 3.63) is 75.8 Å². The van der Waals surface area contributed by atoms with Crippen molar-refractivity contribution in [2.75, 3.05) is 5.73 Å². The highest BCUT2D eigenvalue weighted by Gasteiger charge is 2.34. The number of hydrogen-bond donors (Lipinski definition) is 1. The summed E-state index contributed by atoms with van der Waals surface area (Å²) in [5, 5.41) is 1.65. The molecule has 0 aliphatic heterocycles. The van der Waals surface area contributed by atoms with Crippen molar-refractivity contribution < 1.29 is 9.59 Å². The first-order chi connectivity index (χ1) is 10.6. The van der Waals surface area contributed by atoms with E-state index in [1.54, 1.807) is 36.4 Å². The fourth-order valence-electron chi connectivity index (χ4n) is 3.02. The zero-order valence-electron chi connectivity index (χ0n) is 11.4. The number of hydrogen-bond acceptors (Lipinski definition) is 3. The largest absolute Gasteiger partial charge is 0.398 e. The van der Waals surface area contributed by atoms with Crippen molar-refractivity contribution in [2.45, 2.75) is 0 Å². The molecule has 0 bridgehead atoms. The molecule has 1 aliphatic rings. The van der Waals surface area contributed by atoms with Crippen LogP contribution in [0.4, 0.5) is 5.69 Å². The molecular weight excluding hydrogens is 298 g/mol. The first-order valence-corrected chi connectivity index (χ1v) is 7.17. The minimum Gasteiger partial charge on any atom is -0.398 e. The fourth-order valence-corrected chi connectivity index (χ4v) is 3.37. The van der Waals surface area contributed by atoms with Crippen LogP contribution in [0, 0.1) is 0 Å². The molecule has 22 heavy (non-hydrogen) atoms. The predicted molar refractivity (Wildman–Crippen MR) is 86.7 cm³/mol. The molecule has 0 atom stereocenters. The van der Waals surface area contributed by atoms with Gasteiger partial charge in [0.25, 0.3) is 0 Å². The molecule has 0 spiro atoms. The zero-order chi connectivity index (χ0) is 15.4. The molecule has 0 unspecified atom stereocenters. The Hall–Kier alpha value is -2.65. The third kappa shape index (κ3) is 1.51. The van der Waals surface area contributed by atoms with Crippen LogP contribution in [0.3, 0.4) is 0 Å². The summed E-state index contributed by atoms with van der Waals surface area (Å²) in [5.41, 5.74) is 7.66. The maximum Gasteiger partial charge on any atom is 0.196 e. The lowest BCUT2D eigenvalue weighted by Crippen LogP contribution is -2.23. The summed E-state index contributed by atoms with van der Waals surface area (Å²) in [7, 11) is 0. The van der Waals surface area contributed by atoms with Crippen molar-refractivity contribution in [3.8, 4) is 0 Å². The van der Waals surface area contributed by atoms with Gasteiger partial charge in [-0.15, -0.1) is 0 Å². The van der Waals surface area contributed by atoms with Gasteiger partial charge in [0.2, 0.25) is 0 Å². The van der Waals surface area contributed by atoms with Gasteiger partial charge in [-0.1, -0.05) is 60.1 Å². The Bertz CT molecular complexity index is 912. The molecular formula is C18H10ClNO2. The van der Waals surface area contributed by atoms with E-state index >= 15 is 0 Å². The Balaban J connectivity index is 2.19. The second-order valence-electron chi connectivity index (χ2n) is 5.23. The van der Waals surface area contributed by atoms with Gasteiger partial charge in [0.05, 0.1) is 21.8 Å². The molecule has 4 heteroatoms. The van der Waals surface area contributed by atoms with Gasteiger partial charge in [-0.05, 0) is 0 Å². The van der Waals surface area contributed by atoms with Gasteiger partial charge in [0.1, 0.15) is 0 Å². The van der Waals surface area contributed by atoms with Crippen LogP contribution in [0.5, 0.6) is 0 Å². The van der Waals surface area contributed by atoms with Gasteiger partial charge >= 0.3 is 0 Å². The van der Waals surface area contributed by atoms with Crippen LogP contribution in [-0.4, -0.2) is 11.6 Å². The van der Waals surface area contributed by atoms with Crippen LogP contribution in [-0.2, 0) is 0 Å². The molecule has 0 heterocycles. The number of anilines is 1. The first kappa shape index (κ1) is 13.0. The van der Waals surface area contributed by atoms with E-state index in [0.717, 1.165) is 0 Å². The normalized spacial score (nSPS) is 13.1. The second kappa shape index (κ2) is 4.42. The Labute approximate surface area is 131 Å². The van der Waals surface area contributed by atoms with Crippen LogP contribution >= 0.6 is 11.6 Å². The van der Waals surface area contributed by atoms with E-state index in [-0.39, 0.29) is 27.7 Å². The minimum absolute atomic E-state index is 0.210. The van der Waals surface area contributed by atoms with Crippen LogP contribution in [0.2, 0.25) is 5.02 Å². The highest BCUT2D eigenvalue weighted by Crippen LogP contribution is 2.41. The lowest BCUT2D eigenvalue weighted by molar-refractivity contribution is 0.0980. The summed E-state index contributed by atoms with van der Waals surface area (Å²) in [5.74, 6) is -0.511. The minimum atomic E-state index is -0.257. The summed E-state index contributed by atoms with van der Waals surface area (Å²) in [4.78, 5) is 25.6. The van der Waals surface area contributed by atoms with Crippen LogP contribution in [0.25, 0.3) is 10.8 Å². The summed E-state index contributed by atoms with van der Waals surface area (Å²) >= 11 is 6.43. The fraction of sp³-hybridized carbons (Fsp3) is 0. The molecule has 2 N–H and O–H groups in total. The standard InChI is InChI=1S/C18H10ClNO2/c19-15-9-5-1-2-6-10(9)16(20)14-13(15)17(21)11-7-3-4-8-12(11)18(14)22/h1-8H,20H2. The number of rotatable bonds is 0. The lowest BCUT2D eigenvalue weighted by atomic mass is 9.81. The van der Waals surface area contributed by atoms with Crippen molar-refractivity contribution in [2.24, 2.45) is 0 Å². The van der Waals surface area contributed by atoms with Gasteiger partial charge in [0, 0.05) is 21.9 Å². The van der Waals surface area contributed by atoms with E-state index in [2.05, 4.69) is 0 Å². The zero-order valence-corrected chi connectivity index (χ0v) is 12.1. The van der Waals surface area contributed by atoms with E-state index in [0.29, 0.717) is 27.6 Å². The number of fused-ring (bicyclic) bond motifs is 3. The smallest absolute Gasteiger partial charge is 0.196 e. The molecule has 0 amide bonds. The molecule has 0 aromatic heterocycles. The number of carbonyl (C=O) groups excluding carboxylic acids is 2. The van der Waals surface area contributed by atoms with Crippen molar-refractivity contribution in [1.82, 2.24) is 0 Å². The van der Waals surface area contributed by atoms with Crippen molar-refractivity contribution in [3.63, 3.8) is 0 Å². The number of halogens is 1. The van der Waals surface area contributed by atoms with Crippen LogP contribution in [0.1, 0.15) is 31.8 Å². The molecule has 3 nitrogen and oxygen atoms in total. The van der Waals surface area contributed by atoms with Gasteiger partial charge in [-0.25, -0.2) is 0 Å². The number of benzene rings is 3. The third-order valence-corrected chi connectivity index (χ3v) is 4.46. The first-order valence-electron chi connectivity index (χ1n) is 6.79. The average Bonchev–Trinajstić information content (AvgIpc) is 2.56. The van der Waals surface area contributed by atoms with Crippen LogP contribution in [0.15, 0.2) is 48.5 Å². The molecule has 3 aromatic rings. The Morgan fingerprint density at radius 1 is 0.727 bits per heavy atom. The third-order valence-electron chi connectivity index (χ3n) is 4.06. The highest BCUT2D eigenvalue weighted by atomic mass is 35.5. The topological polar surface area (TPSA) is 60.2 Å².